The molecule has 1 aliphatic rings. The number of hydrogen-bond acceptors (Lipinski definition) is 5. The highest BCUT2D eigenvalue weighted by Gasteiger charge is 2.27. The molecule has 1 amide bonds. The van der Waals surface area contributed by atoms with Gasteiger partial charge in [0.05, 0.1) is 18.5 Å². The van der Waals surface area contributed by atoms with E-state index in [-0.39, 0.29) is 16.3 Å². The fraction of sp³-hybridized carbons (Fsp3) is 0.312. The van der Waals surface area contributed by atoms with Gasteiger partial charge >= 0.3 is 0 Å². The van der Waals surface area contributed by atoms with Gasteiger partial charge in [-0.3, -0.25) is 9.69 Å². The highest BCUT2D eigenvalue weighted by Crippen LogP contribution is 2.20. The van der Waals surface area contributed by atoms with Crippen molar-refractivity contribution in [2.75, 3.05) is 25.0 Å². The van der Waals surface area contributed by atoms with Crippen LogP contribution in [0.1, 0.15) is 5.56 Å². The van der Waals surface area contributed by atoms with E-state index in [1.54, 1.807) is 0 Å². The van der Waals surface area contributed by atoms with E-state index in [1.807, 2.05) is 18.2 Å². The summed E-state index contributed by atoms with van der Waals surface area (Å²) in [6.07, 6.45) is 0.800. The smallest absolute Gasteiger partial charge is 0.254 e. The van der Waals surface area contributed by atoms with E-state index >= 15 is 0 Å². The number of hydrogen-bond donors (Lipinski definition) is 1. The van der Waals surface area contributed by atoms with Gasteiger partial charge in [0.25, 0.3) is 5.91 Å². The Labute approximate surface area is 149 Å². The van der Waals surface area contributed by atoms with Gasteiger partial charge in [0.15, 0.2) is 5.15 Å². The van der Waals surface area contributed by atoms with E-state index in [0.29, 0.717) is 18.8 Å². The number of carbonyl (C=O) groups excluding carboxylic acids is 1. The standard InChI is InChI=1S/C16H16Cl2N4O2/c17-14-12(8-19-16(18)21-14)20-15(23)13-10-22(6-7-24-13)9-11-4-2-1-3-5-11/h1-5,8,13H,6-7,9-10H2,(H,20,23). The van der Waals surface area contributed by atoms with Gasteiger partial charge in [-0.15, -0.1) is 0 Å². The maximum atomic E-state index is 12.4. The van der Waals surface area contributed by atoms with Crippen molar-refractivity contribution >= 4 is 34.8 Å². The third-order valence-electron chi connectivity index (χ3n) is 3.66. The molecular weight excluding hydrogens is 351 g/mol. The van der Waals surface area contributed by atoms with Gasteiger partial charge in [-0.25, -0.2) is 9.97 Å². The van der Waals surface area contributed by atoms with Crippen molar-refractivity contribution in [2.45, 2.75) is 12.6 Å². The summed E-state index contributed by atoms with van der Waals surface area (Å²) in [5.74, 6) is -0.277. The van der Waals surface area contributed by atoms with Crippen LogP contribution in [0, 0.1) is 0 Å². The van der Waals surface area contributed by atoms with Crippen LogP contribution in [-0.2, 0) is 16.1 Å². The molecule has 6 nitrogen and oxygen atoms in total. The predicted molar refractivity (Wildman–Crippen MR) is 92.1 cm³/mol. The van der Waals surface area contributed by atoms with Crippen LogP contribution in [0.5, 0.6) is 0 Å². The first-order valence-corrected chi connectivity index (χ1v) is 8.24. The molecule has 3 rings (SSSR count). The van der Waals surface area contributed by atoms with Crippen LogP contribution in [0.15, 0.2) is 36.5 Å². The maximum absolute atomic E-state index is 12.4. The number of nitrogens with zero attached hydrogens (tertiary/aromatic N) is 3. The number of carbonyl (C=O) groups is 1. The summed E-state index contributed by atoms with van der Waals surface area (Å²) in [4.78, 5) is 22.2. The number of benzene rings is 1. The molecule has 1 unspecified atom stereocenters. The Kier molecular flexibility index (Phi) is 5.63. The van der Waals surface area contributed by atoms with Crippen molar-refractivity contribution in [1.82, 2.24) is 14.9 Å². The van der Waals surface area contributed by atoms with E-state index in [9.17, 15) is 4.79 Å². The quantitative estimate of drug-likeness (QED) is 0.665. The normalized spacial score (nSPS) is 18.3. The van der Waals surface area contributed by atoms with E-state index in [2.05, 4.69) is 32.3 Å². The summed E-state index contributed by atoms with van der Waals surface area (Å²) in [7, 11) is 0. The number of anilines is 1. The lowest BCUT2D eigenvalue weighted by atomic mass is 10.2. The molecule has 1 N–H and O–H groups in total. The van der Waals surface area contributed by atoms with Gasteiger partial charge in [-0.1, -0.05) is 41.9 Å². The second-order valence-electron chi connectivity index (χ2n) is 5.41. The number of amides is 1. The van der Waals surface area contributed by atoms with Crippen molar-refractivity contribution in [3.63, 3.8) is 0 Å². The van der Waals surface area contributed by atoms with E-state index < -0.39 is 6.10 Å². The summed E-state index contributed by atoms with van der Waals surface area (Å²) in [6.45, 7) is 2.56. The first kappa shape index (κ1) is 17.1. The third-order valence-corrected chi connectivity index (χ3v) is 4.13. The van der Waals surface area contributed by atoms with Crippen molar-refractivity contribution in [3.8, 4) is 0 Å². The summed E-state index contributed by atoms with van der Waals surface area (Å²) in [5.41, 5.74) is 1.52. The van der Waals surface area contributed by atoms with Crippen LogP contribution in [0.4, 0.5) is 5.69 Å². The molecule has 0 radical (unpaired) electrons. The molecule has 1 aliphatic heterocycles. The molecule has 126 valence electrons. The Morgan fingerprint density at radius 1 is 1.33 bits per heavy atom. The molecule has 2 aromatic rings. The lowest BCUT2D eigenvalue weighted by molar-refractivity contribution is -0.133. The minimum absolute atomic E-state index is 0.0287. The highest BCUT2D eigenvalue weighted by molar-refractivity contribution is 6.34. The fourth-order valence-electron chi connectivity index (χ4n) is 2.48. The van der Waals surface area contributed by atoms with Crippen molar-refractivity contribution in [3.05, 3.63) is 52.5 Å². The van der Waals surface area contributed by atoms with Crippen LogP contribution < -0.4 is 5.32 Å². The second kappa shape index (κ2) is 7.90. The van der Waals surface area contributed by atoms with Crippen molar-refractivity contribution in [2.24, 2.45) is 0 Å². The van der Waals surface area contributed by atoms with Gasteiger partial charge in [0.2, 0.25) is 5.28 Å². The van der Waals surface area contributed by atoms with Gasteiger partial charge in [0, 0.05) is 19.6 Å². The van der Waals surface area contributed by atoms with Crippen molar-refractivity contribution in [1.29, 1.82) is 0 Å². The molecule has 8 heteroatoms. The highest BCUT2D eigenvalue weighted by atomic mass is 35.5. The number of morpholine rings is 1. The summed E-state index contributed by atoms with van der Waals surface area (Å²) in [6, 6.07) is 10.1. The topological polar surface area (TPSA) is 67.4 Å². The lowest BCUT2D eigenvalue weighted by Crippen LogP contribution is -2.47. The summed E-state index contributed by atoms with van der Waals surface area (Å²) < 4.78 is 5.58. The van der Waals surface area contributed by atoms with Gasteiger partial charge in [-0.2, -0.15) is 0 Å². The average molecular weight is 367 g/mol. The second-order valence-corrected chi connectivity index (χ2v) is 6.11. The Balaban J connectivity index is 1.60. The SMILES string of the molecule is O=C(Nc1cnc(Cl)nc1Cl)C1CN(Cc2ccccc2)CCO1. The molecule has 1 atom stereocenters. The molecule has 0 spiro atoms. The van der Waals surface area contributed by atoms with Gasteiger partial charge in [-0.05, 0) is 17.2 Å². The monoisotopic (exact) mass is 366 g/mol. The maximum Gasteiger partial charge on any atom is 0.254 e. The zero-order chi connectivity index (χ0) is 16.9. The van der Waals surface area contributed by atoms with Crippen molar-refractivity contribution < 1.29 is 9.53 Å². The van der Waals surface area contributed by atoms with E-state index in [1.165, 1.54) is 11.8 Å². The zero-order valence-electron chi connectivity index (χ0n) is 12.8. The first-order valence-electron chi connectivity index (χ1n) is 7.48. The Hall–Kier alpha value is -1.73. The van der Waals surface area contributed by atoms with E-state index in [0.717, 1.165) is 13.1 Å². The molecule has 0 aliphatic carbocycles. The Morgan fingerprint density at radius 3 is 2.88 bits per heavy atom. The fourth-order valence-corrected chi connectivity index (χ4v) is 2.84. The minimum atomic E-state index is -0.575. The van der Waals surface area contributed by atoms with Crippen LogP contribution in [-0.4, -0.2) is 46.6 Å². The molecule has 1 aromatic carbocycles. The summed E-state index contributed by atoms with van der Waals surface area (Å²) in [5, 5.41) is 2.81. The van der Waals surface area contributed by atoms with Crippen LogP contribution >= 0.6 is 23.2 Å². The number of aromatic nitrogens is 2. The lowest BCUT2D eigenvalue weighted by Gasteiger charge is -2.32. The number of halogens is 2. The summed E-state index contributed by atoms with van der Waals surface area (Å²) >= 11 is 11.6. The van der Waals surface area contributed by atoms with Crippen LogP contribution in [0.25, 0.3) is 0 Å². The Bertz CT molecular complexity index is 714. The number of rotatable bonds is 4. The third kappa shape index (κ3) is 4.42. The molecule has 0 saturated carbocycles. The zero-order valence-corrected chi connectivity index (χ0v) is 14.3. The number of ether oxygens (including phenoxy) is 1. The minimum Gasteiger partial charge on any atom is -0.366 e. The molecule has 0 bridgehead atoms. The van der Waals surface area contributed by atoms with Gasteiger partial charge < -0.3 is 10.1 Å². The molecular formula is C16H16Cl2N4O2. The largest absolute Gasteiger partial charge is 0.366 e. The average Bonchev–Trinajstić information content (AvgIpc) is 2.58. The molecule has 1 saturated heterocycles. The molecule has 1 fully saturated rings. The number of nitrogens with one attached hydrogen (secondary N) is 1. The van der Waals surface area contributed by atoms with Crippen LogP contribution in [0.3, 0.4) is 0 Å². The molecule has 1 aromatic heterocycles. The Morgan fingerprint density at radius 2 is 2.12 bits per heavy atom. The van der Waals surface area contributed by atoms with E-state index in [4.69, 9.17) is 27.9 Å². The molecule has 24 heavy (non-hydrogen) atoms. The first-order chi connectivity index (χ1) is 11.6. The molecule has 2 heterocycles. The van der Waals surface area contributed by atoms with Crippen LogP contribution in [0.2, 0.25) is 10.4 Å². The predicted octanol–water partition coefficient (Wildman–Crippen LogP) is 2.62. The van der Waals surface area contributed by atoms with Gasteiger partial charge in [0.1, 0.15) is 6.10 Å².